The number of alkyl halides is 1. The molecular weight excluding hydrogens is 318 g/mol. The van der Waals surface area contributed by atoms with Crippen molar-refractivity contribution in [1.82, 2.24) is 4.57 Å². The van der Waals surface area contributed by atoms with Crippen molar-refractivity contribution in [2.75, 3.05) is 0 Å². The third-order valence-corrected chi connectivity index (χ3v) is 4.31. The number of hydrogen-bond donors (Lipinski definition) is 0. The van der Waals surface area contributed by atoms with Crippen LogP contribution >= 0.6 is 27.5 Å². The predicted molar refractivity (Wildman–Crippen MR) is 74.0 cm³/mol. The van der Waals surface area contributed by atoms with Gasteiger partial charge in [0.1, 0.15) is 0 Å². The van der Waals surface area contributed by atoms with Crippen molar-refractivity contribution in [2.24, 2.45) is 0 Å². The Bertz CT molecular complexity index is 705. The molecule has 0 spiro atoms. The summed E-state index contributed by atoms with van der Waals surface area (Å²) in [6.45, 7) is 1.48. The molecule has 1 aromatic heterocycles. The molecule has 0 aliphatic heterocycles. The second-order valence-electron chi connectivity index (χ2n) is 4.40. The first-order chi connectivity index (χ1) is 8.50. The summed E-state index contributed by atoms with van der Waals surface area (Å²) in [4.78, 5) is 23.5. The monoisotopic (exact) mass is 325 g/mol. The summed E-state index contributed by atoms with van der Waals surface area (Å²) in [6.07, 6.45) is 2.37. The third-order valence-electron chi connectivity index (χ3n) is 3.26. The zero-order chi connectivity index (χ0) is 13.0. The quantitative estimate of drug-likeness (QED) is 0.696. The Balaban J connectivity index is 2.48. The van der Waals surface area contributed by atoms with Crippen molar-refractivity contribution in [3.05, 3.63) is 34.5 Å². The van der Waals surface area contributed by atoms with E-state index in [9.17, 15) is 9.59 Å². The number of hydrogen-bond acceptors (Lipinski definition) is 2. The highest BCUT2D eigenvalue weighted by atomic mass is 79.9. The third kappa shape index (κ3) is 1.49. The van der Waals surface area contributed by atoms with E-state index in [4.69, 9.17) is 11.6 Å². The summed E-state index contributed by atoms with van der Waals surface area (Å²) in [5, 5.41) is 1.31. The Labute approximate surface area is 117 Å². The van der Waals surface area contributed by atoms with Crippen LogP contribution in [0.2, 0.25) is 5.02 Å². The van der Waals surface area contributed by atoms with Crippen molar-refractivity contribution in [3.63, 3.8) is 0 Å². The van der Waals surface area contributed by atoms with Crippen LogP contribution in [0.1, 0.15) is 27.6 Å². The van der Waals surface area contributed by atoms with Gasteiger partial charge in [-0.3, -0.25) is 14.2 Å². The molecule has 2 aromatic rings. The van der Waals surface area contributed by atoms with E-state index < -0.39 is 0 Å². The van der Waals surface area contributed by atoms with Crippen molar-refractivity contribution >= 4 is 50.1 Å². The smallest absolute Gasteiger partial charge is 0.228 e. The summed E-state index contributed by atoms with van der Waals surface area (Å²) >= 11 is 9.54. The average molecular weight is 327 g/mol. The first-order valence-electron chi connectivity index (χ1n) is 5.52. The topological polar surface area (TPSA) is 39.1 Å². The molecule has 1 atom stereocenters. The van der Waals surface area contributed by atoms with Gasteiger partial charge in [0.05, 0.1) is 15.4 Å². The van der Waals surface area contributed by atoms with E-state index in [0.29, 0.717) is 22.5 Å². The second kappa shape index (κ2) is 3.93. The normalized spacial score (nSPS) is 18.4. The molecule has 0 radical (unpaired) electrons. The van der Waals surface area contributed by atoms with Crippen LogP contribution in [0.4, 0.5) is 0 Å². The Hall–Kier alpha value is -1.13. The highest BCUT2D eigenvalue weighted by Crippen LogP contribution is 2.37. The lowest BCUT2D eigenvalue weighted by atomic mass is 9.92. The molecule has 0 fully saturated rings. The number of benzene rings is 1. The van der Waals surface area contributed by atoms with Crippen LogP contribution in [-0.4, -0.2) is 21.1 Å². The van der Waals surface area contributed by atoms with Crippen LogP contribution in [0.25, 0.3) is 10.9 Å². The zero-order valence-electron chi connectivity index (χ0n) is 9.54. The molecule has 18 heavy (non-hydrogen) atoms. The van der Waals surface area contributed by atoms with Gasteiger partial charge in [0.2, 0.25) is 5.91 Å². The number of Topliss-reactive ketones (excluding diaryl/α,β-unsaturated/α-hetero) is 1. The van der Waals surface area contributed by atoms with E-state index >= 15 is 0 Å². The molecule has 0 N–H and O–H groups in total. The molecule has 0 saturated heterocycles. The van der Waals surface area contributed by atoms with Crippen molar-refractivity contribution in [3.8, 4) is 0 Å². The fourth-order valence-corrected chi connectivity index (χ4v) is 3.32. The predicted octanol–water partition coefficient (Wildman–Crippen LogP) is 3.46. The number of halogens is 2. The van der Waals surface area contributed by atoms with Crippen LogP contribution in [0, 0.1) is 0 Å². The summed E-state index contributed by atoms with van der Waals surface area (Å²) in [5.41, 5.74) is 2.26. The van der Waals surface area contributed by atoms with E-state index in [-0.39, 0.29) is 16.5 Å². The molecule has 1 aliphatic rings. The average Bonchev–Trinajstić information content (AvgIpc) is 2.69. The van der Waals surface area contributed by atoms with Gasteiger partial charge in [0.25, 0.3) is 0 Å². The summed E-state index contributed by atoms with van der Waals surface area (Å²) < 4.78 is 1.52. The number of carbonyl (C=O) groups is 2. The number of carbonyl (C=O) groups excluding carboxylic acids is 2. The SMILES string of the molecule is CC(=O)n1cc2c3c(ccc(Cl)c31)C(=O)C(Br)C2. The van der Waals surface area contributed by atoms with Gasteiger partial charge in [0, 0.05) is 24.1 Å². The van der Waals surface area contributed by atoms with Crippen LogP contribution in [0.5, 0.6) is 0 Å². The first kappa shape index (κ1) is 11.9. The largest absolute Gasteiger partial charge is 0.293 e. The molecule has 0 amide bonds. The lowest BCUT2D eigenvalue weighted by molar-refractivity contribution is 0.0940. The van der Waals surface area contributed by atoms with E-state index in [1.807, 2.05) is 0 Å². The minimum atomic E-state index is -0.225. The summed E-state index contributed by atoms with van der Waals surface area (Å²) in [7, 11) is 0. The number of ketones is 1. The number of rotatable bonds is 0. The van der Waals surface area contributed by atoms with E-state index in [1.165, 1.54) is 11.5 Å². The molecule has 92 valence electrons. The van der Waals surface area contributed by atoms with Gasteiger partial charge < -0.3 is 0 Å². The summed E-state index contributed by atoms with van der Waals surface area (Å²) in [6, 6.07) is 3.40. The molecule has 0 bridgehead atoms. The van der Waals surface area contributed by atoms with Gasteiger partial charge in [-0.1, -0.05) is 27.5 Å². The first-order valence-corrected chi connectivity index (χ1v) is 6.81. The van der Waals surface area contributed by atoms with Gasteiger partial charge in [0.15, 0.2) is 5.78 Å². The highest BCUT2D eigenvalue weighted by molar-refractivity contribution is 9.10. The molecular formula is C13H9BrClNO2. The molecule has 3 rings (SSSR count). The van der Waals surface area contributed by atoms with Crippen LogP contribution in [0.3, 0.4) is 0 Å². The molecule has 1 aliphatic carbocycles. The maximum atomic E-state index is 12.1. The maximum Gasteiger partial charge on any atom is 0.228 e. The van der Waals surface area contributed by atoms with E-state index in [2.05, 4.69) is 15.9 Å². The minimum Gasteiger partial charge on any atom is -0.293 e. The molecule has 1 heterocycles. The van der Waals surface area contributed by atoms with Crippen LogP contribution in [0.15, 0.2) is 18.3 Å². The fourth-order valence-electron chi connectivity index (χ4n) is 2.47. The summed E-state index contributed by atoms with van der Waals surface area (Å²) in [5.74, 6) is -0.0590. The number of aromatic nitrogens is 1. The minimum absolute atomic E-state index is 0.0467. The molecule has 1 unspecified atom stereocenters. The van der Waals surface area contributed by atoms with Gasteiger partial charge in [-0.15, -0.1) is 0 Å². The Kier molecular flexibility index (Phi) is 2.61. The maximum absolute atomic E-state index is 12.1. The lowest BCUT2D eigenvalue weighted by Crippen LogP contribution is -2.21. The fraction of sp³-hybridized carbons (Fsp3) is 0.231. The Morgan fingerprint density at radius 2 is 2.22 bits per heavy atom. The standard InChI is InChI=1S/C13H9BrClNO2/c1-6(17)16-5-7-4-9(14)13(18)8-2-3-10(15)12(16)11(7)8/h2-3,5,9H,4H2,1H3. The van der Waals surface area contributed by atoms with E-state index in [1.54, 1.807) is 18.3 Å². The zero-order valence-corrected chi connectivity index (χ0v) is 11.9. The van der Waals surface area contributed by atoms with Crippen molar-refractivity contribution in [1.29, 1.82) is 0 Å². The van der Waals surface area contributed by atoms with Crippen molar-refractivity contribution < 1.29 is 9.59 Å². The van der Waals surface area contributed by atoms with Gasteiger partial charge in [-0.05, 0) is 24.1 Å². The molecule has 5 heteroatoms. The van der Waals surface area contributed by atoms with Gasteiger partial charge >= 0.3 is 0 Å². The molecule has 0 saturated carbocycles. The molecule has 3 nitrogen and oxygen atoms in total. The lowest BCUT2D eigenvalue weighted by Gasteiger charge is -2.16. The Morgan fingerprint density at radius 1 is 1.50 bits per heavy atom. The van der Waals surface area contributed by atoms with Crippen molar-refractivity contribution in [2.45, 2.75) is 18.2 Å². The van der Waals surface area contributed by atoms with Crippen LogP contribution in [-0.2, 0) is 6.42 Å². The Morgan fingerprint density at radius 3 is 2.89 bits per heavy atom. The number of nitrogens with zero attached hydrogens (tertiary/aromatic N) is 1. The second-order valence-corrected chi connectivity index (χ2v) is 5.91. The molecule has 1 aromatic carbocycles. The van der Waals surface area contributed by atoms with Crippen LogP contribution < -0.4 is 0 Å². The van der Waals surface area contributed by atoms with Gasteiger partial charge in [-0.25, -0.2) is 0 Å². The highest BCUT2D eigenvalue weighted by Gasteiger charge is 2.30. The van der Waals surface area contributed by atoms with E-state index in [0.717, 1.165) is 10.9 Å². The van der Waals surface area contributed by atoms with Gasteiger partial charge in [-0.2, -0.15) is 0 Å².